The second-order valence-corrected chi connectivity index (χ2v) is 7.84. The van der Waals surface area contributed by atoms with E-state index in [0.29, 0.717) is 17.9 Å². The number of nitrogens with zero attached hydrogens (tertiary/aromatic N) is 2. The second-order valence-electron chi connectivity index (χ2n) is 6.68. The number of halogens is 1. The van der Waals surface area contributed by atoms with Gasteiger partial charge in [-0.2, -0.15) is 0 Å². The van der Waals surface area contributed by atoms with E-state index in [1.165, 1.54) is 0 Å². The number of carbonyl (C=O) groups is 1. The summed E-state index contributed by atoms with van der Waals surface area (Å²) >= 11 is 2.13. The van der Waals surface area contributed by atoms with Gasteiger partial charge in [0.1, 0.15) is 5.82 Å². The van der Waals surface area contributed by atoms with Crippen LogP contribution in [0, 0.1) is 3.57 Å². The molecule has 0 bridgehead atoms. The Kier molecular flexibility index (Phi) is 3.54. The van der Waals surface area contributed by atoms with Gasteiger partial charge in [0.2, 0.25) is 5.91 Å². The van der Waals surface area contributed by atoms with E-state index >= 15 is 0 Å². The summed E-state index contributed by atoms with van der Waals surface area (Å²) in [6.07, 6.45) is 1.62. The van der Waals surface area contributed by atoms with Crippen LogP contribution in [0.25, 0.3) is 22.4 Å². The third kappa shape index (κ3) is 2.25. The average Bonchev–Trinajstić information content (AvgIpc) is 3.03. The Morgan fingerprint density at radius 2 is 2.04 bits per heavy atom. The molecule has 4 rings (SSSR count). The van der Waals surface area contributed by atoms with Gasteiger partial charge in [-0.25, -0.2) is 4.98 Å². The molecule has 6 nitrogen and oxygen atoms in total. The maximum Gasteiger partial charge on any atom is 0.260 e. The van der Waals surface area contributed by atoms with Crippen LogP contribution >= 0.6 is 22.6 Å². The first-order valence-electron chi connectivity index (χ1n) is 8.08. The van der Waals surface area contributed by atoms with E-state index in [-0.39, 0.29) is 11.5 Å². The van der Waals surface area contributed by atoms with Crippen molar-refractivity contribution < 1.29 is 4.79 Å². The number of anilines is 1. The molecule has 0 radical (unpaired) electrons. The van der Waals surface area contributed by atoms with Gasteiger partial charge in [0.15, 0.2) is 0 Å². The smallest absolute Gasteiger partial charge is 0.260 e. The maximum absolute atomic E-state index is 12.6. The number of H-pyrrole nitrogens is 2. The largest absolute Gasteiger partial charge is 0.338 e. The Morgan fingerprint density at radius 1 is 1.28 bits per heavy atom. The topological polar surface area (TPSA) is 81.8 Å². The lowest BCUT2D eigenvalue weighted by Crippen LogP contribution is -2.35. The SMILES string of the molecule is CCN1C(=O)C(C)(C)c2cc3nc(-c4c(I)cc[nH]c4=O)[nH]c3cc21. The third-order valence-corrected chi connectivity index (χ3v) is 5.71. The number of pyridine rings is 1. The van der Waals surface area contributed by atoms with Crippen molar-refractivity contribution >= 4 is 45.2 Å². The average molecular weight is 448 g/mol. The lowest BCUT2D eigenvalue weighted by molar-refractivity contribution is -0.122. The molecule has 0 saturated heterocycles. The maximum atomic E-state index is 12.6. The molecule has 0 saturated carbocycles. The Bertz CT molecular complexity index is 1080. The van der Waals surface area contributed by atoms with E-state index in [1.54, 1.807) is 11.1 Å². The van der Waals surface area contributed by atoms with Crippen LogP contribution in [0.5, 0.6) is 0 Å². The lowest BCUT2D eigenvalue weighted by atomic mass is 9.86. The summed E-state index contributed by atoms with van der Waals surface area (Å²) < 4.78 is 0.832. The molecule has 0 unspecified atom stereocenters. The molecule has 128 valence electrons. The predicted octanol–water partition coefficient (Wildman–Crippen LogP) is 3.17. The lowest BCUT2D eigenvalue weighted by Gasteiger charge is -2.18. The number of aromatic nitrogens is 3. The Balaban J connectivity index is 1.96. The molecule has 7 heteroatoms. The van der Waals surface area contributed by atoms with Gasteiger partial charge in [-0.05, 0) is 67.1 Å². The number of benzene rings is 1. The highest BCUT2D eigenvalue weighted by Crippen LogP contribution is 2.43. The van der Waals surface area contributed by atoms with E-state index in [4.69, 9.17) is 0 Å². The van der Waals surface area contributed by atoms with Gasteiger partial charge in [0.25, 0.3) is 5.56 Å². The summed E-state index contributed by atoms with van der Waals surface area (Å²) in [4.78, 5) is 37.2. The van der Waals surface area contributed by atoms with Crippen LogP contribution in [0.15, 0.2) is 29.2 Å². The van der Waals surface area contributed by atoms with Crippen LogP contribution in [0.2, 0.25) is 0 Å². The quantitative estimate of drug-likeness (QED) is 0.591. The molecule has 0 fully saturated rings. The molecule has 2 aromatic heterocycles. The number of fused-ring (bicyclic) bond motifs is 2. The normalized spacial score (nSPS) is 15.8. The molecule has 1 aromatic carbocycles. The van der Waals surface area contributed by atoms with Gasteiger partial charge in [0.05, 0.1) is 27.7 Å². The Hall–Kier alpha value is -2.16. The summed E-state index contributed by atoms with van der Waals surface area (Å²) in [5.74, 6) is 0.643. The van der Waals surface area contributed by atoms with Gasteiger partial charge < -0.3 is 14.9 Å². The summed E-state index contributed by atoms with van der Waals surface area (Å²) in [7, 11) is 0. The number of rotatable bonds is 2. The number of carbonyl (C=O) groups excluding carboxylic acids is 1. The number of amides is 1. The fraction of sp³-hybridized carbons (Fsp3) is 0.278. The minimum absolute atomic E-state index is 0.104. The van der Waals surface area contributed by atoms with E-state index in [1.807, 2.05) is 39.0 Å². The van der Waals surface area contributed by atoms with Crippen molar-refractivity contribution in [1.82, 2.24) is 15.0 Å². The first-order chi connectivity index (χ1) is 11.8. The molecule has 1 aliphatic heterocycles. The Labute approximate surface area is 157 Å². The first kappa shape index (κ1) is 16.3. The van der Waals surface area contributed by atoms with Crippen molar-refractivity contribution in [3.05, 3.63) is 43.9 Å². The number of hydrogen-bond acceptors (Lipinski definition) is 3. The van der Waals surface area contributed by atoms with Crippen molar-refractivity contribution in [2.45, 2.75) is 26.2 Å². The van der Waals surface area contributed by atoms with E-state index in [0.717, 1.165) is 25.9 Å². The molecule has 0 atom stereocenters. The molecule has 3 heterocycles. The number of likely N-dealkylation sites (N-methyl/N-ethyl adjacent to an activating group) is 1. The number of hydrogen-bond donors (Lipinski definition) is 2. The molecule has 1 amide bonds. The highest BCUT2D eigenvalue weighted by molar-refractivity contribution is 14.1. The molecular formula is C18H17IN4O2. The molecule has 0 spiro atoms. The van der Waals surface area contributed by atoms with Crippen LogP contribution in [-0.4, -0.2) is 27.4 Å². The molecule has 25 heavy (non-hydrogen) atoms. The van der Waals surface area contributed by atoms with E-state index < -0.39 is 5.41 Å². The molecular weight excluding hydrogens is 431 g/mol. The minimum Gasteiger partial charge on any atom is -0.338 e. The highest BCUT2D eigenvalue weighted by atomic mass is 127. The third-order valence-electron chi connectivity index (χ3n) is 4.81. The molecule has 2 N–H and O–H groups in total. The number of imidazole rings is 1. The van der Waals surface area contributed by atoms with Crippen molar-refractivity contribution in [1.29, 1.82) is 0 Å². The van der Waals surface area contributed by atoms with E-state index in [9.17, 15) is 9.59 Å². The fourth-order valence-corrected chi connectivity index (χ4v) is 4.12. The molecule has 0 aliphatic carbocycles. The summed E-state index contributed by atoms with van der Waals surface area (Å²) in [5, 5.41) is 0. The monoisotopic (exact) mass is 448 g/mol. The predicted molar refractivity (Wildman–Crippen MR) is 106 cm³/mol. The van der Waals surface area contributed by atoms with Crippen molar-refractivity contribution in [2.75, 3.05) is 11.4 Å². The number of nitrogens with one attached hydrogen (secondary N) is 2. The fourth-order valence-electron chi connectivity index (χ4n) is 3.44. The van der Waals surface area contributed by atoms with Crippen LogP contribution < -0.4 is 10.5 Å². The minimum atomic E-state index is -0.572. The van der Waals surface area contributed by atoms with Gasteiger partial charge in [-0.15, -0.1) is 0 Å². The zero-order chi connectivity index (χ0) is 17.9. The highest BCUT2D eigenvalue weighted by Gasteiger charge is 2.43. The van der Waals surface area contributed by atoms with Crippen LogP contribution in [0.3, 0.4) is 0 Å². The standard InChI is InChI=1S/C18H17IN4O2/c1-4-23-13-8-12-11(7-9(13)18(2,3)17(23)25)21-15(22-12)14-10(19)5-6-20-16(14)24/h5-8H,4H2,1-3H3,(H,20,24)(H,21,22). The summed E-state index contributed by atoms with van der Waals surface area (Å²) in [5.41, 5.74) is 3.24. The van der Waals surface area contributed by atoms with Crippen LogP contribution in [-0.2, 0) is 10.2 Å². The molecule has 3 aromatic rings. The summed E-state index contributed by atoms with van der Waals surface area (Å²) in [6, 6.07) is 5.76. The zero-order valence-corrected chi connectivity index (χ0v) is 16.3. The van der Waals surface area contributed by atoms with Gasteiger partial charge in [-0.1, -0.05) is 0 Å². The van der Waals surface area contributed by atoms with Gasteiger partial charge in [-0.3, -0.25) is 9.59 Å². The first-order valence-corrected chi connectivity index (χ1v) is 9.16. The van der Waals surface area contributed by atoms with Gasteiger partial charge >= 0.3 is 0 Å². The summed E-state index contributed by atoms with van der Waals surface area (Å²) in [6.45, 7) is 6.47. The van der Waals surface area contributed by atoms with Crippen molar-refractivity contribution in [2.24, 2.45) is 0 Å². The van der Waals surface area contributed by atoms with Crippen LogP contribution in [0.1, 0.15) is 26.3 Å². The zero-order valence-electron chi connectivity index (χ0n) is 14.1. The van der Waals surface area contributed by atoms with Crippen molar-refractivity contribution in [3.8, 4) is 11.4 Å². The number of aromatic amines is 2. The van der Waals surface area contributed by atoms with Crippen LogP contribution in [0.4, 0.5) is 5.69 Å². The second kappa shape index (κ2) is 5.42. The van der Waals surface area contributed by atoms with E-state index in [2.05, 4.69) is 37.5 Å². The Morgan fingerprint density at radius 3 is 2.72 bits per heavy atom. The van der Waals surface area contributed by atoms with Gasteiger partial charge in [0, 0.05) is 16.3 Å². The van der Waals surface area contributed by atoms with Crippen molar-refractivity contribution in [3.63, 3.8) is 0 Å². The molecule has 1 aliphatic rings.